The maximum absolute atomic E-state index is 12.9. The molecule has 2 nitrogen and oxygen atoms in total. The van der Waals surface area contributed by atoms with Gasteiger partial charge in [-0.2, -0.15) is 0 Å². The monoisotopic (exact) mass is 270 g/mol. The second-order valence-electron chi connectivity index (χ2n) is 3.69. The van der Waals surface area contributed by atoms with Gasteiger partial charge in [0.2, 0.25) is 0 Å². The molecule has 1 aromatic carbocycles. The first-order chi connectivity index (χ1) is 8.15. The molecule has 5 heteroatoms. The van der Waals surface area contributed by atoms with Gasteiger partial charge in [-0.3, -0.25) is 0 Å². The van der Waals surface area contributed by atoms with Crippen LogP contribution in [0.5, 0.6) is 0 Å². The van der Waals surface area contributed by atoms with Gasteiger partial charge in [0.15, 0.2) is 0 Å². The minimum absolute atomic E-state index is 0.139. The summed E-state index contributed by atoms with van der Waals surface area (Å²) in [5.74, 6) is -0.396. The Morgan fingerprint density at radius 2 is 2.29 bits per heavy atom. The van der Waals surface area contributed by atoms with E-state index < -0.39 is 5.82 Å². The molecule has 0 radical (unpaired) electrons. The predicted molar refractivity (Wildman–Crippen MR) is 70.5 cm³/mol. The molecule has 2 rings (SSSR count). The highest BCUT2D eigenvalue weighted by molar-refractivity contribution is 7.09. The fourth-order valence-corrected chi connectivity index (χ4v) is 2.39. The van der Waals surface area contributed by atoms with Crippen molar-refractivity contribution < 1.29 is 4.39 Å². The fourth-order valence-electron chi connectivity index (χ4n) is 1.44. The summed E-state index contributed by atoms with van der Waals surface area (Å²) in [6.07, 6.45) is 0.855. The van der Waals surface area contributed by atoms with Crippen LogP contribution in [0.15, 0.2) is 23.6 Å². The first-order valence-electron chi connectivity index (χ1n) is 5.25. The van der Waals surface area contributed by atoms with Gasteiger partial charge in [0.05, 0.1) is 10.0 Å². The average Bonchev–Trinajstić information content (AvgIpc) is 2.70. The molecule has 0 fully saturated rings. The Kier molecular flexibility index (Phi) is 3.97. The van der Waals surface area contributed by atoms with Crippen LogP contribution in [0.4, 0.5) is 10.1 Å². The Bertz CT molecular complexity index is 513. The highest BCUT2D eigenvalue weighted by Crippen LogP contribution is 2.19. The molecular weight excluding hydrogens is 259 g/mol. The highest BCUT2D eigenvalue weighted by Gasteiger charge is 2.01. The van der Waals surface area contributed by atoms with E-state index in [-0.39, 0.29) is 5.02 Å². The van der Waals surface area contributed by atoms with E-state index in [1.54, 1.807) is 23.5 Å². The number of rotatable bonds is 4. The largest absolute Gasteiger partial charge is 0.385 e. The third kappa shape index (κ3) is 3.41. The van der Waals surface area contributed by atoms with Crippen molar-refractivity contribution in [2.75, 3.05) is 11.9 Å². The van der Waals surface area contributed by atoms with Crippen molar-refractivity contribution in [3.63, 3.8) is 0 Å². The fraction of sp³-hybridized carbons (Fsp3) is 0.250. The molecule has 0 amide bonds. The second-order valence-corrected chi connectivity index (χ2v) is 5.04. The smallest absolute Gasteiger partial charge is 0.141 e. The van der Waals surface area contributed by atoms with Crippen molar-refractivity contribution in [1.29, 1.82) is 0 Å². The summed E-state index contributed by atoms with van der Waals surface area (Å²) < 4.78 is 12.9. The molecule has 0 aliphatic heterocycles. The maximum atomic E-state index is 12.9. The molecule has 0 saturated heterocycles. The standard InChI is InChI=1S/C12H12ClFN2S/c1-8-7-17-12(16-8)4-5-15-9-2-3-11(14)10(13)6-9/h2-3,6-7,15H,4-5H2,1H3. The molecule has 0 unspecified atom stereocenters. The molecule has 0 bridgehead atoms. The zero-order chi connectivity index (χ0) is 12.3. The van der Waals surface area contributed by atoms with E-state index in [9.17, 15) is 4.39 Å². The number of hydrogen-bond donors (Lipinski definition) is 1. The van der Waals surface area contributed by atoms with Crippen LogP contribution in [0.3, 0.4) is 0 Å². The number of aryl methyl sites for hydroxylation is 1. The van der Waals surface area contributed by atoms with Gasteiger partial charge in [0, 0.05) is 29.7 Å². The van der Waals surface area contributed by atoms with E-state index >= 15 is 0 Å². The van der Waals surface area contributed by atoms with E-state index in [0.717, 1.165) is 29.4 Å². The number of anilines is 1. The molecule has 1 aromatic heterocycles. The molecule has 0 spiro atoms. The summed E-state index contributed by atoms with van der Waals surface area (Å²) in [5.41, 5.74) is 1.87. The lowest BCUT2D eigenvalue weighted by atomic mass is 10.3. The molecule has 0 atom stereocenters. The van der Waals surface area contributed by atoms with Gasteiger partial charge in [-0.05, 0) is 25.1 Å². The van der Waals surface area contributed by atoms with E-state index in [4.69, 9.17) is 11.6 Å². The normalized spacial score (nSPS) is 10.5. The average molecular weight is 271 g/mol. The SMILES string of the molecule is Cc1csc(CCNc2ccc(F)c(Cl)c2)n1. The van der Waals surface area contributed by atoms with Crippen LogP contribution >= 0.6 is 22.9 Å². The van der Waals surface area contributed by atoms with E-state index in [2.05, 4.69) is 10.3 Å². The molecule has 1 N–H and O–H groups in total. The molecule has 17 heavy (non-hydrogen) atoms. The van der Waals surface area contributed by atoms with Crippen molar-refractivity contribution in [1.82, 2.24) is 4.98 Å². The zero-order valence-electron chi connectivity index (χ0n) is 9.34. The van der Waals surface area contributed by atoms with Gasteiger partial charge >= 0.3 is 0 Å². The Labute approximate surface area is 108 Å². The van der Waals surface area contributed by atoms with E-state index in [1.807, 2.05) is 12.3 Å². The summed E-state index contributed by atoms with van der Waals surface area (Å²) in [4.78, 5) is 4.37. The summed E-state index contributed by atoms with van der Waals surface area (Å²) in [7, 11) is 0. The Balaban J connectivity index is 1.87. The third-order valence-electron chi connectivity index (χ3n) is 2.25. The van der Waals surface area contributed by atoms with E-state index in [1.165, 1.54) is 6.07 Å². The minimum atomic E-state index is -0.396. The van der Waals surface area contributed by atoms with Crippen molar-refractivity contribution in [3.05, 3.63) is 45.1 Å². The molecular formula is C12H12ClFN2S. The lowest BCUT2D eigenvalue weighted by Gasteiger charge is -2.05. The molecule has 90 valence electrons. The number of nitrogens with one attached hydrogen (secondary N) is 1. The molecule has 2 aromatic rings. The molecule has 0 saturated carbocycles. The van der Waals surface area contributed by atoms with Crippen molar-refractivity contribution in [2.24, 2.45) is 0 Å². The van der Waals surface area contributed by atoms with Crippen molar-refractivity contribution in [3.8, 4) is 0 Å². The second kappa shape index (κ2) is 5.47. The van der Waals surface area contributed by atoms with Crippen molar-refractivity contribution >= 4 is 28.6 Å². The van der Waals surface area contributed by atoms with Crippen LogP contribution in [0, 0.1) is 12.7 Å². The first kappa shape index (κ1) is 12.3. The number of aromatic nitrogens is 1. The van der Waals surface area contributed by atoms with Crippen LogP contribution in [0.2, 0.25) is 5.02 Å². The molecule has 0 aliphatic carbocycles. The van der Waals surface area contributed by atoms with Gasteiger partial charge in [0.25, 0.3) is 0 Å². The number of halogens is 2. The molecule has 1 heterocycles. The topological polar surface area (TPSA) is 24.9 Å². The number of benzene rings is 1. The first-order valence-corrected chi connectivity index (χ1v) is 6.51. The Hall–Kier alpha value is -1.13. The Morgan fingerprint density at radius 3 is 2.94 bits per heavy atom. The van der Waals surface area contributed by atoms with Gasteiger partial charge in [-0.25, -0.2) is 9.37 Å². The molecule has 0 aliphatic rings. The summed E-state index contributed by atoms with van der Waals surface area (Å²) in [5, 5.41) is 6.46. The maximum Gasteiger partial charge on any atom is 0.141 e. The third-order valence-corrected chi connectivity index (χ3v) is 3.57. The highest BCUT2D eigenvalue weighted by atomic mass is 35.5. The zero-order valence-corrected chi connectivity index (χ0v) is 10.9. The van der Waals surface area contributed by atoms with Crippen LogP contribution in [-0.2, 0) is 6.42 Å². The minimum Gasteiger partial charge on any atom is -0.385 e. The van der Waals surface area contributed by atoms with Gasteiger partial charge < -0.3 is 5.32 Å². The summed E-state index contributed by atoms with van der Waals surface area (Å²) in [6.45, 7) is 2.74. The van der Waals surface area contributed by atoms with Crippen LogP contribution in [-0.4, -0.2) is 11.5 Å². The quantitative estimate of drug-likeness (QED) is 0.911. The predicted octanol–water partition coefficient (Wildman–Crippen LogP) is 3.90. The lowest BCUT2D eigenvalue weighted by molar-refractivity contribution is 0.628. The van der Waals surface area contributed by atoms with E-state index in [0.29, 0.717) is 0 Å². The van der Waals surface area contributed by atoms with Crippen molar-refractivity contribution in [2.45, 2.75) is 13.3 Å². The number of nitrogens with zero attached hydrogens (tertiary/aromatic N) is 1. The van der Waals surface area contributed by atoms with Crippen LogP contribution in [0.1, 0.15) is 10.7 Å². The summed E-state index contributed by atoms with van der Waals surface area (Å²) >= 11 is 7.34. The van der Waals surface area contributed by atoms with Gasteiger partial charge in [-0.15, -0.1) is 11.3 Å². The number of thiazole rings is 1. The lowest BCUT2D eigenvalue weighted by Crippen LogP contribution is -2.04. The van der Waals surface area contributed by atoms with Gasteiger partial charge in [0.1, 0.15) is 5.82 Å². The Morgan fingerprint density at radius 1 is 1.47 bits per heavy atom. The van der Waals surface area contributed by atoms with Gasteiger partial charge in [-0.1, -0.05) is 11.6 Å². The van der Waals surface area contributed by atoms with Crippen LogP contribution < -0.4 is 5.32 Å². The van der Waals surface area contributed by atoms with Crippen LogP contribution in [0.25, 0.3) is 0 Å². The number of hydrogen-bond acceptors (Lipinski definition) is 3. The summed E-state index contributed by atoms with van der Waals surface area (Å²) in [6, 6.07) is 4.62.